The second kappa shape index (κ2) is 6.24. The average Bonchev–Trinajstić information content (AvgIpc) is 2.48. The van der Waals surface area contributed by atoms with Gasteiger partial charge in [-0.1, -0.05) is 0 Å². The molecule has 0 aromatic heterocycles. The summed E-state index contributed by atoms with van der Waals surface area (Å²) in [6, 6.07) is 0. The van der Waals surface area contributed by atoms with Crippen LogP contribution in [0.4, 0.5) is 0 Å². The van der Waals surface area contributed by atoms with Crippen LogP contribution in [-0.4, -0.2) is 32.2 Å². The van der Waals surface area contributed by atoms with E-state index in [-0.39, 0.29) is 0 Å². The van der Waals surface area contributed by atoms with Gasteiger partial charge in [0.2, 0.25) is 0 Å². The molecule has 0 saturated carbocycles. The maximum atomic E-state index is 4.29. The van der Waals surface area contributed by atoms with Crippen LogP contribution in [-0.2, 0) is 0 Å². The Morgan fingerprint density at radius 3 is 2.82 bits per heavy atom. The van der Waals surface area contributed by atoms with E-state index in [0.717, 1.165) is 20.7 Å². The van der Waals surface area contributed by atoms with Crippen LogP contribution in [0.5, 0.6) is 0 Å². The Morgan fingerprint density at radius 2 is 2.27 bits per heavy atom. The number of hydrogen-bond acceptors (Lipinski definition) is 5. The molecule has 1 aliphatic rings. The highest BCUT2D eigenvalue weighted by molar-refractivity contribution is 8.34. The van der Waals surface area contributed by atoms with Gasteiger partial charge in [0.25, 0.3) is 0 Å². The highest BCUT2D eigenvalue weighted by Gasteiger charge is 2.24. The molecule has 66 valence electrons. The summed E-state index contributed by atoms with van der Waals surface area (Å²) in [6.07, 6.45) is 0. The summed E-state index contributed by atoms with van der Waals surface area (Å²) in [5.41, 5.74) is 0. The van der Waals surface area contributed by atoms with E-state index < -0.39 is 0 Å². The monoisotopic (exact) mass is 244 g/mol. The topological polar surface area (TPSA) is 0 Å². The van der Waals surface area contributed by atoms with Gasteiger partial charge in [-0.2, -0.15) is 25.3 Å². The third-order valence-corrected chi connectivity index (χ3v) is 7.51. The molecule has 0 N–H and O–H groups in total. The normalized spacial score (nSPS) is 31.1. The molecule has 0 bridgehead atoms. The Bertz CT molecular complexity index is 107. The fourth-order valence-electron chi connectivity index (χ4n) is 0.754. The van der Waals surface area contributed by atoms with Crippen LogP contribution in [0.15, 0.2) is 0 Å². The van der Waals surface area contributed by atoms with Crippen LogP contribution in [0, 0.1) is 0 Å². The van der Waals surface area contributed by atoms with E-state index >= 15 is 0 Å². The lowest BCUT2D eigenvalue weighted by Gasteiger charge is -2.06. The van der Waals surface area contributed by atoms with Crippen LogP contribution >= 0.6 is 60.5 Å². The van der Waals surface area contributed by atoms with Gasteiger partial charge in [0, 0.05) is 22.5 Å². The van der Waals surface area contributed by atoms with E-state index in [1.807, 2.05) is 11.8 Å². The first kappa shape index (κ1) is 10.8. The number of thiol groups is 2. The smallest absolute Gasteiger partial charge is 0.0959 e. The molecule has 0 spiro atoms. The minimum atomic E-state index is 0.749. The van der Waals surface area contributed by atoms with Crippen molar-refractivity contribution in [3.8, 4) is 0 Å². The molecule has 2 unspecified atom stereocenters. The van der Waals surface area contributed by atoms with Crippen molar-refractivity contribution in [2.45, 2.75) is 9.16 Å². The molecule has 0 nitrogen and oxygen atoms in total. The summed E-state index contributed by atoms with van der Waals surface area (Å²) in [4.78, 5) is 0. The molecule has 5 heteroatoms. The maximum Gasteiger partial charge on any atom is 0.0959 e. The lowest BCUT2D eigenvalue weighted by Crippen LogP contribution is -2.01. The van der Waals surface area contributed by atoms with Crippen molar-refractivity contribution in [2.75, 3.05) is 23.0 Å². The van der Waals surface area contributed by atoms with Gasteiger partial charge in [0.1, 0.15) is 0 Å². The van der Waals surface area contributed by atoms with Crippen LogP contribution in [0.25, 0.3) is 0 Å². The fourth-order valence-corrected chi connectivity index (χ4v) is 6.37. The first-order chi connectivity index (χ1) is 5.36. The summed E-state index contributed by atoms with van der Waals surface area (Å²) in [5.74, 6) is 4.47. The third-order valence-electron chi connectivity index (χ3n) is 1.27. The van der Waals surface area contributed by atoms with Gasteiger partial charge in [-0.3, -0.25) is 0 Å². The highest BCUT2D eigenvalue weighted by Crippen LogP contribution is 2.44. The minimum Gasteiger partial charge on any atom is -0.179 e. The molecule has 11 heavy (non-hydrogen) atoms. The first-order valence-corrected chi connectivity index (χ1v) is 7.77. The SMILES string of the molecule is SCCSC1SCC(CS)S1. The molecule has 1 heterocycles. The van der Waals surface area contributed by atoms with Gasteiger partial charge in [-0.05, 0) is 5.75 Å². The molecule has 1 fully saturated rings. The van der Waals surface area contributed by atoms with Gasteiger partial charge >= 0.3 is 0 Å². The number of thioether (sulfide) groups is 3. The van der Waals surface area contributed by atoms with E-state index in [0.29, 0.717) is 0 Å². The summed E-state index contributed by atoms with van der Waals surface area (Å²) < 4.78 is 0.749. The van der Waals surface area contributed by atoms with Gasteiger partial charge in [-0.25, -0.2) is 0 Å². The van der Waals surface area contributed by atoms with Crippen molar-refractivity contribution in [1.29, 1.82) is 0 Å². The molecular formula is C6H12S5. The fraction of sp³-hybridized carbons (Fsp3) is 1.00. The van der Waals surface area contributed by atoms with Crippen LogP contribution in [0.3, 0.4) is 0 Å². The summed E-state index contributed by atoms with van der Waals surface area (Å²) in [6.45, 7) is 0. The predicted molar refractivity (Wildman–Crippen MR) is 67.8 cm³/mol. The zero-order valence-electron chi connectivity index (χ0n) is 6.10. The Kier molecular flexibility index (Phi) is 6.14. The lowest BCUT2D eigenvalue weighted by molar-refractivity contribution is 1.17. The summed E-state index contributed by atoms with van der Waals surface area (Å²) in [5, 5.41) is 0.778. The third kappa shape index (κ3) is 3.98. The van der Waals surface area contributed by atoms with E-state index in [4.69, 9.17) is 0 Å². The van der Waals surface area contributed by atoms with Crippen LogP contribution in [0.1, 0.15) is 0 Å². The van der Waals surface area contributed by atoms with Crippen molar-refractivity contribution in [3.05, 3.63) is 0 Å². The standard InChI is InChI=1S/C6H12S5/c7-1-2-9-6-10-4-5(3-8)11-6/h5-8H,1-4H2. The Hall–Kier alpha value is 1.75. The highest BCUT2D eigenvalue weighted by atomic mass is 32.3. The number of hydrogen-bond donors (Lipinski definition) is 2. The van der Waals surface area contributed by atoms with Crippen molar-refractivity contribution in [1.82, 2.24) is 0 Å². The molecule has 0 amide bonds. The molecule has 2 atom stereocenters. The van der Waals surface area contributed by atoms with Gasteiger partial charge in [-0.15, -0.1) is 35.3 Å². The Morgan fingerprint density at radius 1 is 1.45 bits per heavy atom. The summed E-state index contributed by atoms with van der Waals surface area (Å²) >= 11 is 14.6. The molecule has 0 aromatic carbocycles. The van der Waals surface area contributed by atoms with Gasteiger partial charge < -0.3 is 0 Å². The van der Waals surface area contributed by atoms with E-state index in [1.165, 1.54) is 11.5 Å². The van der Waals surface area contributed by atoms with Crippen molar-refractivity contribution >= 4 is 60.5 Å². The van der Waals surface area contributed by atoms with E-state index in [1.54, 1.807) is 0 Å². The van der Waals surface area contributed by atoms with E-state index in [9.17, 15) is 0 Å². The van der Waals surface area contributed by atoms with Crippen LogP contribution < -0.4 is 0 Å². The zero-order chi connectivity index (χ0) is 8.10. The van der Waals surface area contributed by atoms with E-state index in [2.05, 4.69) is 48.8 Å². The largest absolute Gasteiger partial charge is 0.179 e. The molecular weight excluding hydrogens is 232 g/mol. The molecule has 1 saturated heterocycles. The first-order valence-electron chi connectivity index (χ1n) is 3.47. The number of rotatable bonds is 4. The predicted octanol–water partition coefficient (Wildman–Crippen LogP) is 2.71. The minimum absolute atomic E-state index is 0.749. The van der Waals surface area contributed by atoms with Crippen LogP contribution in [0.2, 0.25) is 0 Å². The second-order valence-corrected chi connectivity index (χ2v) is 7.63. The quantitative estimate of drug-likeness (QED) is 0.731. The van der Waals surface area contributed by atoms with Gasteiger partial charge in [0.15, 0.2) is 0 Å². The van der Waals surface area contributed by atoms with Gasteiger partial charge in [0.05, 0.1) is 3.91 Å². The average molecular weight is 244 g/mol. The lowest BCUT2D eigenvalue weighted by atomic mass is 10.6. The van der Waals surface area contributed by atoms with Crippen molar-refractivity contribution in [2.24, 2.45) is 0 Å². The molecule has 0 aromatic rings. The van der Waals surface area contributed by atoms with Crippen molar-refractivity contribution in [3.63, 3.8) is 0 Å². The molecule has 0 radical (unpaired) electrons. The Balaban J connectivity index is 2.09. The second-order valence-electron chi connectivity index (χ2n) is 2.16. The summed E-state index contributed by atoms with van der Waals surface area (Å²) in [7, 11) is 0. The molecule has 1 aliphatic heterocycles. The van der Waals surface area contributed by atoms with Crippen molar-refractivity contribution < 1.29 is 0 Å². The molecule has 0 aliphatic carbocycles. The molecule has 1 rings (SSSR count). The maximum absolute atomic E-state index is 4.29. The Labute approximate surface area is 92.2 Å². The zero-order valence-corrected chi connectivity index (χ0v) is 10.3.